The van der Waals surface area contributed by atoms with E-state index >= 15 is 0 Å². The maximum absolute atomic E-state index is 12.5. The van der Waals surface area contributed by atoms with Crippen LogP contribution < -0.4 is 0 Å². The van der Waals surface area contributed by atoms with E-state index in [1.807, 2.05) is 0 Å². The molecule has 0 radical (unpaired) electrons. The Morgan fingerprint density at radius 1 is 0.529 bits per heavy atom. The number of hydrogen-bond donors (Lipinski definition) is 1. The third-order valence-corrected chi connectivity index (χ3v) is 10.4. The highest BCUT2D eigenvalue weighted by Crippen LogP contribution is 2.42. The lowest BCUT2D eigenvalue weighted by Gasteiger charge is -2.19. The number of phosphoric acid groups is 1. The molecule has 0 aliphatic rings. The SMILES string of the molecule is CCCCCCCC/C=C\CCCCCCCC(=O)OC(COC(=O)CCCCCCCCCCCCCCCCCCC)COP(=O)(O)OC. The Bertz CT molecular complexity index is 849. The van der Waals surface area contributed by atoms with Crippen LogP contribution in [-0.4, -0.2) is 43.3 Å². The van der Waals surface area contributed by atoms with Crippen LogP contribution in [0.15, 0.2) is 12.2 Å². The maximum Gasteiger partial charge on any atom is 0.472 e. The molecule has 0 heterocycles. The second-order valence-electron chi connectivity index (χ2n) is 14.5. The summed E-state index contributed by atoms with van der Waals surface area (Å²) in [5.74, 6) is -0.802. The van der Waals surface area contributed by atoms with Gasteiger partial charge in [-0.3, -0.25) is 18.6 Å². The molecule has 0 spiro atoms. The number of carbonyl (C=O) groups is 2. The van der Waals surface area contributed by atoms with E-state index in [0.29, 0.717) is 12.8 Å². The topological polar surface area (TPSA) is 108 Å². The van der Waals surface area contributed by atoms with Gasteiger partial charge < -0.3 is 14.4 Å². The molecular weight excluding hydrogens is 663 g/mol. The van der Waals surface area contributed by atoms with Gasteiger partial charge in [-0.15, -0.1) is 0 Å². The summed E-state index contributed by atoms with van der Waals surface area (Å²) in [6.45, 7) is 3.90. The molecule has 0 bridgehead atoms. The van der Waals surface area contributed by atoms with Gasteiger partial charge in [0.1, 0.15) is 6.61 Å². The van der Waals surface area contributed by atoms with Crippen molar-refractivity contribution in [2.75, 3.05) is 20.3 Å². The normalized spacial score (nSPS) is 13.4. The number of rotatable bonds is 40. The minimum Gasteiger partial charge on any atom is -0.462 e. The van der Waals surface area contributed by atoms with Gasteiger partial charge in [0.05, 0.1) is 6.61 Å². The second-order valence-corrected chi connectivity index (χ2v) is 16.0. The lowest BCUT2D eigenvalue weighted by Crippen LogP contribution is -2.29. The fourth-order valence-corrected chi connectivity index (χ4v) is 6.64. The zero-order valence-electron chi connectivity index (χ0n) is 33.5. The number of unbranched alkanes of at least 4 members (excludes halogenated alkanes) is 27. The van der Waals surface area contributed by atoms with Crippen LogP contribution in [0, 0.1) is 0 Å². The van der Waals surface area contributed by atoms with Crippen LogP contribution in [0.3, 0.4) is 0 Å². The number of carbonyl (C=O) groups excluding carboxylic acids is 2. The predicted octanol–water partition coefficient (Wildman–Crippen LogP) is 13.3. The number of phosphoric ester groups is 1. The molecule has 0 amide bonds. The standard InChI is InChI=1S/C42H81O8P/c1-4-6-8-10-12-14-16-18-20-21-23-24-26-28-30-32-34-36-41(43)48-38-40(39-49-51(45,46)47-3)50-42(44)37-35-33-31-29-27-25-22-19-17-15-13-11-9-7-5-2/h19,22,40H,4-18,20-21,23-39H2,1-3H3,(H,45,46)/b22-19-. The molecule has 0 saturated carbocycles. The highest BCUT2D eigenvalue weighted by atomic mass is 31.2. The lowest BCUT2D eigenvalue weighted by molar-refractivity contribution is -0.161. The van der Waals surface area contributed by atoms with Crippen molar-refractivity contribution in [2.24, 2.45) is 0 Å². The van der Waals surface area contributed by atoms with E-state index in [1.54, 1.807) is 0 Å². The molecule has 0 aliphatic heterocycles. The smallest absolute Gasteiger partial charge is 0.462 e. The molecule has 2 unspecified atom stereocenters. The van der Waals surface area contributed by atoms with Gasteiger partial charge in [0.25, 0.3) is 0 Å². The van der Waals surface area contributed by atoms with Gasteiger partial charge in [-0.1, -0.05) is 180 Å². The summed E-state index contributed by atoms with van der Waals surface area (Å²) in [4.78, 5) is 34.4. The molecule has 0 saturated heterocycles. The number of allylic oxidation sites excluding steroid dienone is 2. The summed E-state index contributed by atoms with van der Waals surface area (Å²) < 4.78 is 32.0. The summed E-state index contributed by atoms with van der Waals surface area (Å²) in [6.07, 6.45) is 41.2. The van der Waals surface area contributed by atoms with E-state index in [9.17, 15) is 19.0 Å². The molecule has 0 aliphatic carbocycles. The average molecular weight is 745 g/mol. The van der Waals surface area contributed by atoms with Crippen molar-refractivity contribution < 1.29 is 37.6 Å². The van der Waals surface area contributed by atoms with E-state index in [1.165, 1.54) is 135 Å². The summed E-state index contributed by atoms with van der Waals surface area (Å²) >= 11 is 0. The van der Waals surface area contributed by atoms with Crippen molar-refractivity contribution in [3.63, 3.8) is 0 Å². The monoisotopic (exact) mass is 745 g/mol. The summed E-state index contributed by atoms with van der Waals surface area (Å²) in [6, 6.07) is 0. The first kappa shape index (κ1) is 49.8. The summed E-state index contributed by atoms with van der Waals surface area (Å²) in [5, 5.41) is 0. The number of hydrogen-bond acceptors (Lipinski definition) is 7. The van der Waals surface area contributed by atoms with Gasteiger partial charge in [-0.05, 0) is 38.5 Å². The molecule has 0 aromatic heterocycles. The number of esters is 2. The van der Waals surface area contributed by atoms with Crippen molar-refractivity contribution in [2.45, 2.75) is 225 Å². The van der Waals surface area contributed by atoms with Crippen LogP contribution in [0.4, 0.5) is 0 Å². The summed E-state index contributed by atoms with van der Waals surface area (Å²) in [5.41, 5.74) is 0. The summed E-state index contributed by atoms with van der Waals surface area (Å²) in [7, 11) is -3.19. The van der Waals surface area contributed by atoms with Gasteiger partial charge in [0, 0.05) is 20.0 Å². The highest BCUT2D eigenvalue weighted by molar-refractivity contribution is 7.47. The largest absolute Gasteiger partial charge is 0.472 e. The zero-order chi connectivity index (χ0) is 37.5. The van der Waals surface area contributed by atoms with Crippen molar-refractivity contribution in [1.82, 2.24) is 0 Å². The van der Waals surface area contributed by atoms with Crippen molar-refractivity contribution in [3.8, 4) is 0 Å². The molecule has 1 N–H and O–H groups in total. The van der Waals surface area contributed by atoms with E-state index < -0.39 is 26.5 Å². The molecule has 302 valence electrons. The first-order chi connectivity index (χ1) is 24.8. The van der Waals surface area contributed by atoms with Crippen LogP contribution in [0.2, 0.25) is 0 Å². The zero-order valence-corrected chi connectivity index (χ0v) is 34.4. The van der Waals surface area contributed by atoms with Crippen LogP contribution in [0.25, 0.3) is 0 Å². The first-order valence-electron chi connectivity index (χ1n) is 21.4. The molecule has 2 atom stereocenters. The van der Waals surface area contributed by atoms with Gasteiger partial charge in [0.2, 0.25) is 0 Å². The van der Waals surface area contributed by atoms with Crippen molar-refractivity contribution >= 4 is 19.8 Å². The van der Waals surface area contributed by atoms with Gasteiger partial charge in [0.15, 0.2) is 6.10 Å². The van der Waals surface area contributed by atoms with Gasteiger partial charge in [-0.2, -0.15) is 0 Å². The van der Waals surface area contributed by atoms with Crippen LogP contribution >= 0.6 is 7.82 Å². The van der Waals surface area contributed by atoms with Crippen LogP contribution in [0.1, 0.15) is 219 Å². The minimum atomic E-state index is -4.26. The van der Waals surface area contributed by atoms with Crippen molar-refractivity contribution in [1.29, 1.82) is 0 Å². The second kappa shape index (κ2) is 38.5. The average Bonchev–Trinajstić information content (AvgIpc) is 3.12. The fraction of sp³-hybridized carbons (Fsp3) is 0.905. The van der Waals surface area contributed by atoms with Gasteiger partial charge >= 0.3 is 19.8 Å². The molecule has 9 heteroatoms. The molecule has 0 aromatic carbocycles. The Morgan fingerprint density at radius 2 is 0.882 bits per heavy atom. The van der Waals surface area contributed by atoms with E-state index in [0.717, 1.165) is 58.5 Å². The maximum atomic E-state index is 12.5. The highest BCUT2D eigenvalue weighted by Gasteiger charge is 2.24. The quantitative estimate of drug-likeness (QED) is 0.0286. The first-order valence-corrected chi connectivity index (χ1v) is 22.9. The Balaban J connectivity index is 3.97. The Labute approximate surface area is 314 Å². The molecule has 0 rings (SSSR count). The third kappa shape index (κ3) is 38.3. The molecule has 0 fully saturated rings. The molecular formula is C42H81O8P. The Kier molecular flexibility index (Phi) is 37.6. The minimum absolute atomic E-state index is 0.223. The Hall–Kier alpha value is -1.21. The molecule has 8 nitrogen and oxygen atoms in total. The van der Waals surface area contributed by atoms with E-state index in [-0.39, 0.29) is 19.0 Å². The lowest BCUT2D eigenvalue weighted by atomic mass is 10.0. The fourth-order valence-electron chi connectivity index (χ4n) is 6.18. The van der Waals surface area contributed by atoms with Crippen molar-refractivity contribution in [3.05, 3.63) is 12.2 Å². The van der Waals surface area contributed by atoms with Crippen LogP contribution in [-0.2, 0) is 32.7 Å². The van der Waals surface area contributed by atoms with E-state index in [4.69, 9.17) is 14.0 Å². The third-order valence-electron chi connectivity index (χ3n) is 9.51. The van der Waals surface area contributed by atoms with Crippen LogP contribution in [0.5, 0.6) is 0 Å². The van der Waals surface area contributed by atoms with E-state index in [2.05, 4.69) is 30.5 Å². The Morgan fingerprint density at radius 3 is 1.27 bits per heavy atom. The molecule has 51 heavy (non-hydrogen) atoms. The number of ether oxygens (including phenoxy) is 2. The van der Waals surface area contributed by atoms with Gasteiger partial charge in [-0.25, -0.2) is 4.57 Å². The predicted molar refractivity (Wildman–Crippen MR) is 212 cm³/mol. The molecule has 0 aromatic rings.